The van der Waals surface area contributed by atoms with Crippen molar-refractivity contribution in [3.8, 4) is 5.75 Å². The summed E-state index contributed by atoms with van der Waals surface area (Å²) in [7, 11) is -0.636. The molecule has 0 bridgehead atoms. The largest absolute Gasteiger partial charge is 0.495 e. The van der Waals surface area contributed by atoms with Gasteiger partial charge in [0.2, 0.25) is 21.8 Å². The number of methoxy groups -OCH3 is 1. The highest BCUT2D eigenvalue weighted by molar-refractivity contribution is 9.10. The third-order valence-electron chi connectivity index (χ3n) is 6.33. The number of likely N-dealkylation sites (N-methyl/N-ethyl adjacent to an activating group) is 1. The Labute approximate surface area is 249 Å². The van der Waals surface area contributed by atoms with Crippen molar-refractivity contribution in [1.29, 1.82) is 0 Å². The predicted molar refractivity (Wildman–Crippen MR) is 162 cm³/mol. The third-order valence-corrected chi connectivity index (χ3v) is 8.32. The van der Waals surface area contributed by atoms with Crippen molar-refractivity contribution in [1.82, 2.24) is 10.2 Å². The molecule has 0 fully saturated rings. The average molecular weight is 651 g/mol. The van der Waals surface area contributed by atoms with Gasteiger partial charge in [-0.1, -0.05) is 70.0 Å². The van der Waals surface area contributed by atoms with Crippen LogP contribution in [0.1, 0.15) is 24.0 Å². The van der Waals surface area contributed by atoms with Gasteiger partial charge in [-0.3, -0.25) is 13.9 Å². The number of nitrogens with zero attached hydrogens (tertiary/aromatic N) is 2. The van der Waals surface area contributed by atoms with Crippen LogP contribution < -0.4 is 14.4 Å². The second-order valence-corrected chi connectivity index (χ2v) is 12.5. The molecular formula is C29H33BrClN3O5S. The number of benzene rings is 3. The number of rotatable bonds is 13. The Kier molecular flexibility index (Phi) is 11.4. The van der Waals surface area contributed by atoms with Crippen LogP contribution in [0.5, 0.6) is 5.75 Å². The van der Waals surface area contributed by atoms with E-state index in [0.29, 0.717) is 17.9 Å². The van der Waals surface area contributed by atoms with Crippen LogP contribution in [0.4, 0.5) is 5.69 Å². The van der Waals surface area contributed by atoms with Gasteiger partial charge in [0.15, 0.2) is 0 Å². The van der Waals surface area contributed by atoms with Gasteiger partial charge in [-0.25, -0.2) is 8.42 Å². The van der Waals surface area contributed by atoms with E-state index in [1.54, 1.807) is 24.1 Å². The summed E-state index contributed by atoms with van der Waals surface area (Å²) in [5, 5.41) is 2.97. The number of halogens is 2. The summed E-state index contributed by atoms with van der Waals surface area (Å²) in [6.07, 6.45) is 1.70. The van der Waals surface area contributed by atoms with Gasteiger partial charge in [-0.05, 0) is 47.9 Å². The molecule has 1 N–H and O–H groups in total. The van der Waals surface area contributed by atoms with E-state index in [1.807, 2.05) is 54.6 Å². The van der Waals surface area contributed by atoms with Crippen LogP contribution in [0.2, 0.25) is 5.02 Å². The highest BCUT2D eigenvalue weighted by Gasteiger charge is 2.30. The molecule has 3 aromatic carbocycles. The van der Waals surface area contributed by atoms with Crippen LogP contribution in [0.15, 0.2) is 77.3 Å². The van der Waals surface area contributed by atoms with Gasteiger partial charge < -0.3 is 15.0 Å². The maximum Gasteiger partial charge on any atom is 0.242 e. The van der Waals surface area contributed by atoms with Crippen molar-refractivity contribution >= 4 is 55.1 Å². The fourth-order valence-corrected chi connectivity index (χ4v) is 6.02. The highest BCUT2D eigenvalue weighted by atomic mass is 79.9. The highest BCUT2D eigenvalue weighted by Crippen LogP contribution is 2.30. The Bertz CT molecular complexity index is 1420. The summed E-state index contributed by atoms with van der Waals surface area (Å²) < 4.78 is 32.5. The van der Waals surface area contributed by atoms with Crippen molar-refractivity contribution in [3.63, 3.8) is 0 Å². The molecule has 0 unspecified atom stereocenters. The summed E-state index contributed by atoms with van der Waals surface area (Å²) in [6, 6.07) is 21.0. The number of hydrogen-bond donors (Lipinski definition) is 1. The van der Waals surface area contributed by atoms with Crippen LogP contribution in [-0.2, 0) is 32.6 Å². The van der Waals surface area contributed by atoms with Gasteiger partial charge in [0, 0.05) is 37.5 Å². The monoisotopic (exact) mass is 649 g/mol. The van der Waals surface area contributed by atoms with Crippen LogP contribution >= 0.6 is 27.5 Å². The topological polar surface area (TPSA) is 96.0 Å². The lowest BCUT2D eigenvalue weighted by atomic mass is 10.0. The van der Waals surface area contributed by atoms with Gasteiger partial charge in [0.05, 0.1) is 24.1 Å². The number of ether oxygens (including phenoxy) is 1. The number of sulfonamides is 1. The van der Waals surface area contributed by atoms with Gasteiger partial charge in [0.1, 0.15) is 11.8 Å². The van der Waals surface area contributed by atoms with E-state index >= 15 is 0 Å². The molecule has 0 aliphatic carbocycles. The number of anilines is 1. The summed E-state index contributed by atoms with van der Waals surface area (Å²) in [5.41, 5.74) is 2.15. The summed E-state index contributed by atoms with van der Waals surface area (Å²) in [4.78, 5) is 28.4. The summed E-state index contributed by atoms with van der Waals surface area (Å²) in [6.45, 7) is 0.272. The molecule has 3 rings (SSSR count). The molecule has 11 heteroatoms. The molecule has 0 aliphatic heterocycles. The number of nitrogens with one attached hydrogen (secondary N) is 1. The molecule has 40 heavy (non-hydrogen) atoms. The van der Waals surface area contributed by atoms with E-state index in [4.69, 9.17) is 16.3 Å². The molecule has 0 heterocycles. The van der Waals surface area contributed by atoms with Crippen LogP contribution in [0, 0.1) is 0 Å². The van der Waals surface area contributed by atoms with E-state index in [0.717, 1.165) is 21.9 Å². The Balaban J connectivity index is 1.85. The van der Waals surface area contributed by atoms with E-state index in [2.05, 4.69) is 21.2 Å². The lowest BCUT2D eigenvalue weighted by Crippen LogP contribution is -2.49. The molecule has 214 valence electrons. The summed E-state index contributed by atoms with van der Waals surface area (Å²) >= 11 is 9.71. The zero-order valence-corrected chi connectivity index (χ0v) is 25.8. The molecule has 0 aliphatic rings. The molecule has 0 saturated carbocycles. The molecule has 0 saturated heterocycles. The quantitative estimate of drug-likeness (QED) is 0.280. The first-order chi connectivity index (χ1) is 19.0. The minimum absolute atomic E-state index is 0.0339. The minimum atomic E-state index is -3.66. The van der Waals surface area contributed by atoms with Crippen molar-refractivity contribution < 1.29 is 22.7 Å². The molecule has 1 atom stereocenters. The second kappa shape index (κ2) is 14.5. The first-order valence-corrected chi connectivity index (χ1v) is 15.7. The Hall–Kier alpha value is -3.08. The molecule has 2 amide bonds. The van der Waals surface area contributed by atoms with Gasteiger partial charge >= 0.3 is 0 Å². The molecule has 3 aromatic rings. The summed E-state index contributed by atoms with van der Waals surface area (Å²) in [5.74, 6) is -0.112. The molecular weight excluding hydrogens is 618 g/mol. The first kappa shape index (κ1) is 31.4. The molecule has 0 aromatic heterocycles. The van der Waals surface area contributed by atoms with Gasteiger partial charge in [-0.2, -0.15) is 0 Å². The van der Waals surface area contributed by atoms with Crippen molar-refractivity contribution in [2.75, 3.05) is 31.3 Å². The fraction of sp³-hybridized carbons (Fsp3) is 0.310. The van der Waals surface area contributed by atoms with E-state index in [1.165, 1.54) is 17.5 Å². The zero-order chi connectivity index (χ0) is 29.3. The zero-order valence-electron chi connectivity index (χ0n) is 22.6. The van der Waals surface area contributed by atoms with E-state index in [9.17, 15) is 18.0 Å². The molecule has 8 nitrogen and oxygen atoms in total. The number of hydrogen-bond acceptors (Lipinski definition) is 5. The smallest absolute Gasteiger partial charge is 0.242 e. The SMILES string of the molecule is CNC(=O)[C@@H](Cc1ccccc1)N(Cc1cccc(Br)c1)C(=O)CCCN(c1ccc(OC)c(Cl)c1)S(C)(=O)=O. The van der Waals surface area contributed by atoms with Crippen LogP contribution in [0.25, 0.3) is 0 Å². The minimum Gasteiger partial charge on any atom is -0.495 e. The molecule has 0 radical (unpaired) electrons. The maximum atomic E-state index is 13.7. The number of carbonyl (C=O) groups is 2. The van der Waals surface area contributed by atoms with Gasteiger partial charge in [-0.15, -0.1) is 0 Å². The van der Waals surface area contributed by atoms with E-state index < -0.39 is 16.1 Å². The lowest BCUT2D eigenvalue weighted by Gasteiger charge is -2.31. The van der Waals surface area contributed by atoms with Crippen LogP contribution in [-0.4, -0.2) is 58.1 Å². The Morgan fingerprint density at radius 1 is 1.02 bits per heavy atom. The standard InChI is InChI=1S/C29H33BrClN3O5S/c1-32-29(36)26(18-21-9-5-4-6-10-21)33(20-22-11-7-12-23(30)17-22)28(35)13-8-16-34(40(3,37)38)24-14-15-27(39-2)25(31)19-24/h4-7,9-12,14-15,17,19,26H,8,13,16,18,20H2,1-3H3,(H,32,36)/t26-/m1/s1. The van der Waals surface area contributed by atoms with Crippen molar-refractivity contribution in [2.45, 2.75) is 31.8 Å². The maximum absolute atomic E-state index is 13.7. The van der Waals surface area contributed by atoms with Crippen molar-refractivity contribution in [3.05, 3.63) is 93.4 Å². The Morgan fingerprint density at radius 3 is 2.33 bits per heavy atom. The molecule has 0 spiro atoms. The average Bonchev–Trinajstić information content (AvgIpc) is 2.92. The predicted octanol–water partition coefficient (Wildman–Crippen LogP) is 5.04. The third kappa shape index (κ3) is 8.71. The fourth-order valence-electron chi connectivity index (χ4n) is 4.37. The number of carbonyl (C=O) groups excluding carboxylic acids is 2. The lowest BCUT2D eigenvalue weighted by molar-refractivity contribution is -0.141. The van der Waals surface area contributed by atoms with Crippen molar-refractivity contribution in [2.24, 2.45) is 0 Å². The second-order valence-electron chi connectivity index (χ2n) is 9.23. The first-order valence-electron chi connectivity index (χ1n) is 12.6. The van der Waals surface area contributed by atoms with Gasteiger partial charge in [0.25, 0.3) is 0 Å². The number of amides is 2. The van der Waals surface area contributed by atoms with Crippen LogP contribution in [0.3, 0.4) is 0 Å². The van der Waals surface area contributed by atoms with E-state index in [-0.39, 0.29) is 42.8 Å². The normalized spacial score (nSPS) is 11.9. The Morgan fingerprint density at radius 2 is 1.73 bits per heavy atom.